The molecule has 0 saturated carbocycles. The third kappa shape index (κ3) is 6.59. The van der Waals surface area contributed by atoms with Gasteiger partial charge in [0.15, 0.2) is 0 Å². The molecule has 0 heterocycles. The van der Waals surface area contributed by atoms with E-state index in [2.05, 4.69) is 15.8 Å². The number of hydrogen-bond donors (Lipinski definition) is 6. The minimum Gasteiger partial charge on any atom is -0.391 e. The highest BCUT2D eigenvalue weighted by Crippen LogP contribution is 2.10. The highest BCUT2D eigenvalue weighted by atomic mass is 16.4. The Morgan fingerprint density at radius 1 is 1.12 bits per heavy atom. The Balaban J connectivity index is 2.57. The lowest BCUT2D eigenvalue weighted by atomic mass is 10.1. The molecule has 0 bridgehead atoms. The zero-order chi connectivity index (χ0) is 19.0. The predicted molar refractivity (Wildman–Crippen MR) is 91.0 cm³/mol. The Morgan fingerprint density at radius 2 is 1.72 bits per heavy atom. The Labute approximate surface area is 145 Å². The van der Waals surface area contributed by atoms with Crippen LogP contribution in [0.5, 0.6) is 0 Å². The van der Waals surface area contributed by atoms with Gasteiger partial charge in [0.05, 0.1) is 12.3 Å². The van der Waals surface area contributed by atoms with Crippen molar-refractivity contribution in [3.63, 3.8) is 0 Å². The van der Waals surface area contributed by atoms with Crippen LogP contribution >= 0.6 is 0 Å². The number of rotatable bonds is 8. The first-order chi connectivity index (χ1) is 11.8. The molecule has 0 aromatic heterocycles. The van der Waals surface area contributed by atoms with Crippen LogP contribution in [-0.4, -0.2) is 62.9 Å². The second kappa shape index (κ2) is 9.84. The molecule has 0 spiro atoms. The summed E-state index contributed by atoms with van der Waals surface area (Å²) in [5.41, 5.74) is 2.97. The number of aliphatic hydroxyl groups is 4. The number of benzene rings is 1. The fraction of sp³-hybridized carbons (Fsp3) is 0.438. The maximum Gasteiger partial charge on any atom is 0.271 e. The first-order valence-electron chi connectivity index (χ1n) is 7.72. The van der Waals surface area contributed by atoms with Gasteiger partial charge in [-0.2, -0.15) is 5.10 Å². The summed E-state index contributed by atoms with van der Waals surface area (Å²) in [4.78, 5) is 23.1. The molecule has 4 atom stereocenters. The van der Waals surface area contributed by atoms with Crippen molar-refractivity contribution in [2.75, 3.05) is 5.32 Å². The second-order valence-electron chi connectivity index (χ2n) is 5.41. The van der Waals surface area contributed by atoms with Crippen molar-refractivity contribution in [3.8, 4) is 0 Å². The van der Waals surface area contributed by atoms with E-state index in [1.807, 2.05) is 0 Å². The lowest BCUT2D eigenvalue weighted by molar-refractivity contribution is -0.115. The van der Waals surface area contributed by atoms with Gasteiger partial charge in [0, 0.05) is 17.7 Å². The van der Waals surface area contributed by atoms with Crippen molar-refractivity contribution in [1.82, 2.24) is 5.43 Å². The maximum atomic E-state index is 11.9. The van der Waals surface area contributed by atoms with Crippen molar-refractivity contribution in [1.29, 1.82) is 0 Å². The molecule has 0 saturated heterocycles. The number of nitrogens with zero attached hydrogens (tertiary/aromatic N) is 1. The standard InChI is InChI=1S/C16H23N3O6/c1-3-13(22)18-11-6-4-10(5-7-11)16(25)19-17-8-12(21)15(24)14(23)9(2)20/h4-9,12,14-15,20-21,23-24H,3H2,1-2H3,(H,18,22)(H,19,25)/t9-,12-,14+,15-/m0/s1. The van der Waals surface area contributed by atoms with Gasteiger partial charge in [-0.3, -0.25) is 9.59 Å². The molecular weight excluding hydrogens is 330 g/mol. The molecule has 9 heteroatoms. The summed E-state index contributed by atoms with van der Waals surface area (Å²) in [7, 11) is 0. The van der Waals surface area contributed by atoms with Crippen LogP contribution in [-0.2, 0) is 4.79 Å². The molecule has 0 aliphatic rings. The highest BCUT2D eigenvalue weighted by Gasteiger charge is 2.27. The van der Waals surface area contributed by atoms with E-state index in [1.54, 1.807) is 19.1 Å². The predicted octanol–water partition coefficient (Wildman–Crippen LogP) is -0.786. The second-order valence-corrected chi connectivity index (χ2v) is 5.41. The summed E-state index contributed by atoms with van der Waals surface area (Å²) in [5.74, 6) is -0.712. The van der Waals surface area contributed by atoms with E-state index in [9.17, 15) is 24.9 Å². The summed E-state index contributed by atoms with van der Waals surface area (Å²) in [6.07, 6.45) is -4.83. The van der Waals surface area contributed by atoms with Crippen LogP contribution in [0.25, 0.3) is 0 Å². The van der Waals surface area contributed by atoms with Crippen molar-refractivity contribution >= 4 is 23.7 Å². The molecule has 138 valence electrons. The number of aliphatic hydroxyl groups excluding tert-OH is 4. The number of carbonyl (C=O) groups is 2. The van der Waals surface area contributed by atoms with E-state index in [0.29, 0.717) is 12.1 Å². The van der Waals surface area contributed by atoms with Crippen LogP contribution in [0.3, 0.4) is 0 Å². The minimum atomic E-state index is -1.65. The van der Waals surface area contributed by atoms with Crippen LogP contribution in [0, 0.1) is 0 Å². The smallest absolute Gasteiger partial charge is 0.271 e. The topological polar surface area (TPSA) is 151 Å². The molecular formula is C16H23N3O6. The number of anilines is 1. The van der Waals surface area contributed by atoms with Gasteiger partial charge in [-0.25, -0.2) is 5.43 Å². The van der Waals surface area contributed by atoms with Gasteiger partial charge in [0.2, 0.25) is 5.91 Å². The maximum absolute atomic E-state index is 11.9. The molecule has 6 N–H and O–H groups in total. The minimum absolute atomic E-state index is 0.145. The summed E-state index contributed by atoms with van der Waals surface area (Å²) in [6.45, 7) is 2.98. The Bertz CT molecular complexity index is 602. The van der Waals surface area contributed by atoms with Crippen molar-refractivity contribution in [2.45, 2.75) is 44.7 Å². The van der Waals surface area contributed by atoms with Crippen LogP contribution < -0.4 is 10.7 Å². The fourth-order valence-electron chi connectivity index (χ4n) is 1.77. The normalized spacial score (nSPS) is 16.1. The van der Waals surface area contributed by atoms with E-state index in [-0.39, 0.29) is 11.5 Å². The molecule has 0 aliphatic carbocycles. The zero-order valence-corrected chi connectivity index (χ0v) is 14.0. The third-order valence-electron chi connectivity index (χ3n) is 3.34. The van der Waals surface area contributed by atoms with Crippen LogP contribution in [0.15, 0.2) is 29.4 Å². The molecule has 0 fully saturated rings. The molecule has 2 amide bonds. The zero-order valence-electron chi connectivity index (χ0n) is 14.0. The third-order valence-corrected chi connectivity index (χ3v) is 3.34. The Kier molecular flexibility index (Phi) is 8.16. The quantitative estimate of drug-likeness (QED) is 0.266. The summed E-state index contributed by atoms with van der Waals surface area (Å²) in [5, 5.41) is 43.9. The van der Waals surface area contributed by atoms with Gasteiger partial charge < -0.3 is 25.7 Å². The van der Waals surface area contributed by atoms with Crippen LogP contribution in [0.4, 0.5) is 5.69 Å². The summed E-state index contributed by atoms with van der Waals surface area (Å²) >= 11 is 0. The Hall–Kier alpha value is -2.33. The van der Waals surface area contributed by atoms with Gasteiger partial charge in [0.1, 0.15) is 18.3 Å². The largest absolute Gasteiger partial charge is 0.391 e. The first kappa shape index (κ1) is 20.7. The SMILES string of the molecule is CCC(=O)Nc1ccc(C(=O)NN=C[C@H](O)[C@H](O)[C@H](O)[C@H](C)O)cc1. The summed E-state index contributed by atoms with van der Waals surface area (Å²) < 4.78 is 0. The average Bonchev–Trinajstić information content (AvgIpc) is 2.60. The number of hydrogen-bond acceptors (Lipinski definition) is 7. The highest BCUT2D eigenvalue weighted by molar-refractivity contribution is 5.95. The van der Waals surface area contributed by atoms with Gasteiger partial charge in [-0.05, 0) is 31.2 Å². The van der Waals surface area contributed by atoms with Gasteiger partial charge in [-0.1, -0.05) is 6.92 Å². The van der Waals surface area contributed by atoms with Gasteiger partial charge in [-0.15, -0.1) is 0 Å². The number of nitrogens with one attached hydrogen (secondary N) is 2. The number of carbonyl (C=O) groups excluding carboxylic acids is 2. The van der Waals surface area contributed by atoms with E-state index >= 15 is 0 Å². The van der Waals surface area contributed by atoms with E-state index in [4.69, 9.17) is 5.11 Å². The molecule has 0 unspecified atom stereocenters. The van der Waals surface area contributed by atoms with Crippen molar-refractivity contribution in [2.24, 2.45) is 5.10 Å². The average molecular weight is 353 g/mol. The lowest BCUT2D eigenvalue weighted by Crippen LogP contribution is -2.44. The van der Waals surface area contributed by atoms with Gasteiger partial charge in [0.25, 0.3) is 5.91 Å². The number of hydrazone groups is 1. The first-order valence-corrected chi connectivity index (χ1v) is 7.72. The molecule has 1 aromatic rings. The van der Waals surface area contributed by atoms with E-state index in [1.165, 1.54) is 19.1 Å². The van der Waals surface area contributed by atoms with E-state index < -0.39 is 30.3 Å². The monoisotopic (exact) mass is 353 g/mol. The van der Waals surface area contributed by atoms with Crippen LogP contribution in [0.1, 0.15) is 30.6 Å². The van der Waals surface area contributed by atoms with Crippen molar-refractivity contribution < 1.29 is 30.0 Å². The van der Waals surface area contributed by atoms with Crippen LogP contribution in [0.2, 0.25) is 0 Å². The van der Waals surface area contributed by atoms with Crippen molar-refractivity contribution in [3.05, 3.63) is 29.8 Å². The number of amides is 2. The summed E-state index contributed by atoms with van der Waals surface area (Å²) in [6, 6.07) is 6.09. The molecule has 1 rings (SSSR count). The molecule has 25 heavy (non-hydrogen) atoms. The lowest BCUT2D eigenvalue weighted by Gasteiger charge is -2.22. The van der Waals surface area contributed by atoms with E-state index in [0.717, 1.165) is 6.21 Å². The molecule has 0 aliphatic heterocycles. The Morgan fingerprint density at radius 3 is 2.24 bits per heavy atom. The molecule has 1 aromatic carbocycles. The molecule has 0 radical (unpaired) electrons. The fourth-order valence-corrected chi connectivity index (χ4v) is 1.77. The molecule has 9 nitrogen and oxygen atoms in total. The van der Waals surface area contributed by atoms with Gasteiger partial charge >= 0.3 is 0 Å².